The lowest BCUT2D eigenvalue weighted by Gasteiger charge is -2.06. The molecule has 0 aromatic heterocycles. The van der Waals surface area contributed by atoms with Gasteiger partial charge in [-0.05, 0) is 65.6 Å². The van der Waals surface area contributed by atoms with Crippen LogP contribution in [0.4, 0.5) is 0 Å². The van der Waals surface area contributed by atoms with Crippen molar-refractivity contribution in [2.75, 3.05) is 6.61 Å². The topological polar surface area (TPSA) is 26.3 Å². The Hall–Kier alpha value is -1.36. The van der Waals surface area contributed by atoms with Gasteiger partial charge in [-0.1, -0.05) is 36.4 Å². The molecule has 20 heavy (non-hydrogen) atoms. The van der Waals surface area contributed by atoms with E-state index in [4.69, 9.17) is 4.74 Å². The van der Waals surface area contributed by atoms with E-state index < -0.39 is 0 Å². The van der Waals surface area contributed by atoms with E-state index in [-0.39, 0.29) is 5.97 Å². The SMILES string of the molecule is Cc1ccc(C(=O)OCCCc2ccccc2)cc1I. The van der Waals surface area contributed by atoms with E-state index in [0.717, 1.165) is 16.4 Å². The van der Waals surface area contributed by atoms with Crippen LogP contribution >= 0.6 is 22.6 Å². The van der Waals surface area contributed by atoms with Gasteiger partial charge in [0.2, 0.25) is 0 Å². The highest BCUT2D eigenvalue weighted by Gasteiger charge is 2.08. The summed E-state index contributed by atoms with van der Waals surface area (Å²) in [4.78, 5) is 11.9. The first-order valence-electron chi connectivity index (χ1n) is 6.64. The van der Waals surface area contributed by atoms with Gasteiger partial charge in [-0.15, -0.1) is 0 Å². The standard InChI is InChI=1S/C17H17IO2/c1-13-9-10-15(12-16(13)18)17(19)20-11-5-8-14-6-3-2-4-7-14/h2-4,6-7,9-10,12H,5,8,11H2,1H3. The molecule has 0 atom stereocenters. The smallest absolute Gasteiger partial charge is 0.338 e. The first kappa shape index (κ1) is 15.0. The average Bonchev–Trinajstić information content (AvgIpc) is 2.47. The summed E-state index contributed by atoms with van der Waals surface area (Å²) < 4.78 is 6.39. The molecular weight excluding hydrogens is 363 g/mol. The molecule has 0 amide bonds. The summed E-state index contributed by atoms with van der Waals surface area (Å²) in [6.07, 6.45) is 1.78. The normalized spacial score (nSPS) is 10.3. The Bertz CT molecular complexity index is 579. The molecule has 0 N–H and O–H groups in total. The van der Waals surface area contributed by atoms with Gasteiger partial charge in [0.1, 0.15) is 0 Å². The van der Waals surface area contributed by atoms with Gasteiger partial charge in [0.05, 0.1) is 12.2 Å². The van der Waals surface area contributed by atoms with Crippen LogP contribution in [0.1, 0.15) is 27.9 Å². The molecule has 2 aromatic rings. The Balaban J connectivity index is 1.79. The van der Waals surface area contributed by atoms with Crippen molar-refractivity contribution >= 4 is 28.6 Å². The van der Waals surface area contributed by atoms with E-state index >= 15 is 0 Å². The summed E-state index contributed by atoms with van der Waals surface area (Å²) in [6, 6.07) is 15.9. The maximum atomic E-state index is 11.9. The zero-order valence-electron chi connectivity index (χ0n) is 11.4. The first-order chi connectivity index (χ1) is 9.66. The number of hydrogen-bond donors (Lipinski definition) is 0. The third-order valence-corrected chi connectivity index (χ3v) is 4.26. The second kappa shape index (κ2) is 7.43. The second-order valence-corrected chi connectivity index (χ2v) is 5.85. The number of hydrogen-bond acceptors (Lipinski definition) is 2. The number of carbonyl (C=O) groups is 1. The Morgan fingerprint density at radius 2 is 1.90 bits per heavy atom. The molecule has 0 aliphatic heterocycles. The molecule has 0 aliphatic carbocycles. The predicted octanol–water partition coefficient (Wildman–Crippen LogP) is 4.39. The molecule has 0 fully saturated rings. The van der Waals surface area contributed by atoms with Gasteiger partial charge in [0.15, 0.2) is 0 Å². The number of benzene rings is 2. The number of rotatable bonds is 5. The summed E-state index contributed by atoms with van der Waals surface area (Å²) >= 11 is 2.23. The largest absolute Gasteiger partial charge is 0.462 e. The number of ether oxygens (including phenoxy) is 1. The van der Waals surface area contributed by atoms with Crippen LogP contribution in [-0.2, 0) is 11.2 Å². The fourth-order valence-electron chi connectivity index (χ4n) is 1.89. The van der Waals surface area contributed by atoms with Crippen molar-refractivity contribution in [1.82, 2.24) is 0 Å². The lowest BCUT2D eigenvalue weighted by atomic mass is 10.1. The van der Waals surface area contributed by atoms with Crippen LogP contribution in [0.25, 0.3) is 0 Å². The van der Waals surface area contributed by atoms with Crippen LogP contribution in [0.15, 0.2) is 48.5 Å². The quantitative estimate of drug-likeness (QED) is 0.437. The van der Waals surface area contributed by atoms with Gasteiger partial charge in [-0.3, -0.25) is 0 Å². The van der Waals surface area contributed by atoms with E-state index in [1.54, 1.807) is 0 Å². The maximum absolute atomic E-state index is 11.9. The highest BCUT2D eigenvalue weighted by atomic mass is 127. The third kappa shape index (κ3) is 4.34. The van der Waals surface area contributed by atoms with E-state index in [9.17, 15) is 4.79 Å². The first-order valence-corrected chi connectivity index (χ1v) is 7.72. The molecule has 2 rings (SSSR count). The van der Waals surface area contributed by atoms with Gasteiger partial charge in [-0.2, -0.15) is 0 Å². The molecular formula is C17H17IO2. The van der Waals surface area contributed by atoms with Crippen LogP contribution in [0.3, 0.4) is 0 Å². The molecule has 2 nitrogen and oxygen atoms in total. The van der Waals surface area contributed by atoms with E-state index in [0.29, 0.717) is 12.2 Å². The minimum atomic E-state index is -0.240. The number of halogens is 1. The molecule has 0 bridgehead atoms. The highest BCUT2D eigenvalue weighted by Crippen LogP contribution is 2.14. The van der Waals surface area contributed by atoms with Gasteiger partial charge in [0.25, 0.3) is 0 Å². The Labute approximate surface area is 133 Å². The summed E-state index contributed by atoms with van der Waals surface area (Å²) in [6.45, 7) is 2.48. The van der Waals surface area contributed by atoms with Gasteiger partial charge in [0, 0.05) is 3.57 Å². The van der Waals surface area contributed by atoms with Crippen molar-refractivity contribution in [3.63, 3.8) is 0 Å². The third-order valence-electron chi connectivity index (χ3n) is 3.09. The fraction of sp³-hybridized carbons (Fsp3) is 0.235. The number of aryl methyl sites for hydroxylation is 2. The summed E-state index contributed by atoms with van der Waals surface area (Å²) in [5.41, 5.74) is 3.07. The molecule has 104 valence electrons. The lowest BCUT2D eigenvalue weighted by Crippen LogP contribution is -2.07. The maximum Gasteiger partial charge on any atom is 0.338 e. The summed E-state index contributed by atoms with van der Waals surface area (Å²) in [5.74, 6) is -0.240. The zero-order chi connectivity index (χ0) is 14.4. The molecule has 0 heterocycles. The molecule has 0 unspecified atom stereocenters. The average molecular weight is 380 g/mol. The summed E-state index contributed by atoms with van der Waals surface area (Å²) in [7, 11) is 0. The Morgan fingerprint density at radius 1 is 1.15 bits per heavy atom. The van der Waals surface area contributed by atoms with Gasteiger partial charge >= 0.3 is 5.97 Å². The van der Waals surface area contributed by atoms with Crippen molar-refractivity contribution in [2.24, 2.45) is 0 Å². The number of esters is 1. The minimum absolute atomic E-state index is 0.240. The lowest BCUT2D eigenvalue weighted by molar-refractivity contribution is 0.0500. The monoisotopic (exact) mass is 380 g/mol. The van der Waals surface area contributed by atoms with Crippen molar-refractivity contribution in [2.45, 2.75) is 19.8 Å². The van der Waals surface area contributed by atoms with E-state index in [2.05, 4.69) is 34.7 Å². The van der Waals surface area contributed by atoms with Crippen molar-refractivity contribution in [3.05, 3.63) is 68.8 Å². The van der Waals surface area contributed by atoms with Crippen LogP contribution < -0.4 is 0 Å². The molecule has 0 aliphatic rings. The molecule has 2 aromatic carbocycles. The zero-order valence-corrected chi connectivity index (χ0v) is 13.6. The van der Waals surface area contributed by atoms with Crippen molar-refractivity contribution < 1.29 is 9.53 Å². The van der Waals surface area contributed by atoms with E-state index in [1.165, 1.54) is 11.1 Å². The van der Waals surface area contributed by atoms with Gasteiger partial charge < -0.3 is 4.74 Å². The molecule has 3 heteroatoms. The minimum Gasteiger partial charge on any atom is -0.462 e. The van der Waals surface area contributed by atoms with Crippen LogP contribution in [0.5, 0.6) is 0 Å². The fourth-order valence-corrected chi connectivity index (χ4v) is 2.40. The molecule has 0 saturated heterocycles. The number of carbonyl (C=O) groups excluding carboxylic acids is 1. The Morgan fingerprint density at radius 3 is 2.60 bits per heavy atom. The highest BCUT2D eigenvalue weighted by molar-refractivity contribution is 14.1. The Kier molecular flexibility index (Phi) is 5.59. The summed E-state index contributed by atoms with van der Waals surface area (Å²) in [5, 5.41) is 0. The molecule has 0 spiro atoms. The second-order valence-electron chi connectivity index (χ2n) is 4.69. The van der Waals surface area contributed by atoms with Crippen LogP contribution in [0, 0.1) is 10.5 Å². The van der Waals surface area contributed by atoms with E-state index in [1.807, 2.05) is 43.3 Å². The van der Waals surface area contributed by atoms with Crippen LogP contribution in [0.2, 0.25) is 0 Å². The van der Waals surface area contributed by atoms with Gasteiger partial charge in [-0.25, -0.2) is 4.79 Å². The van der Waals surface area contributed by atoms with Crippen molar-refractivity contribution in [3.8, 4) is 0 Å². The molecule has 0 saturated carbocycles. The van der Waals surface area contributed by atoms with Crippen LogP contribution in [-0.4, -0.2) is 12.6 Å². The predicted molar refractivity (Wildman–Crippen MR) is 88.9 cm³/mol. The van der Waals surface area contributed by atoms with Crippen molar-refractivity contribution in [1.29, 1.82) is 0 Å². The molecule has 0 radical (unpaired) electrons.